The molecule has 1 heterocycles. The summed E-state index contributed by atoms with van der Waals surface area (Å²) in [7, 11) is -2.61. The van der Waals surface area contributed by atoms with Gasteiger partial charge in [-0.25, -0.2) is 0 Å². The zero-order valence-electron chi connectivity index (χ0n) is 27.3. The maximum atomic E-state index is 13.5. The molecule has 2 aromatic rings. The van der Waals surface area contributed by atoms with Crippen molar-refractivity contribution >= 4 is 22.5 Å². The molecule has 0 bridgehead atoms. The van der Waals surface area contributed by atoms with Crippen LogP contribution in [-0.2, 0) is 26.6 Å². The fraction of sp³-hybridized carbons (Fsp3) is 0.606. The first-order chi connectivity index (χ1) is 18.9. The summed E-state index contributed by atoms with van der Waals surface area (Å²) in [4.78, 5) is 15.8. The molecule has 0 aliphatic carbocycles. The highest BCUT2D eigenvalue weighted by Crippen LogP contribution is 2.40. The number of rotatable bonds is 10. The zero-order valence-corrected chi connectivity index (χ0v) is 29.3. The normalized spacial score (nSPS) is 21.3. The summed E-state index contributed by atoms with van der Waals surface area (Å²) in [6, 6.07) is 18.3. The summed E-state index contributed by atoms with van der Waals surface area (Å²) in [5.41, 5.74) is 2.32. The topological polar surface area (TPSA) is 60.0 Å². The molecule has 1 aliphatic heterocycles. The fourth-order valence-corrected chi connectivity index (χ4v) is 7.05. The van der Waals surface area contributed by atoms with Gasteiger partial charge in [0.15, 0.2) is 16.6 Å². The number of nitrogens with zero attached hydrogens (tertiary/aromatic N) is 1. The van der Waals surface area contributed by atoms with E-state index < -0.39 is 16.6 Å². The van der Waals surface area contributed by atoms with Crippen molar-refractivity contribution in [1.29, 1.82) is 0 Å². The molecule has 0 unspecified atom stereocenters. The van der Waals surface area contributed by atoms with Gasteiger partial charge in [-0.3, -0.25) is 9.69 Å². The number of methoxy groups -OCH3 is 1. The van der Waals surface area contributed by atoms with E-state index in [0.29, 0.717) is 26.1 Å². The summed E-state index contributed by atoms with van der Waals surface area (Å²) in [6.07, 6.45) is 0.476. The van der Waals surface area contributed by atoms with E-state index >= 15 is 0 Å². The first kappa shape index (κ1) is 33.5. The van der Waals surface area contributed by atoms with Crippen LogP contribution in [0.4, 0.5) is 0 Å². The van der Waals surface area contributed by atoms with E-state index in [1.165, 1.54) is 5.56 Å². The Kier molecular flexibility index (Phi) is 10.7. The van der Waals surface area contributed by atoms with Crippen molar-refractivity contribution in [3.8, 4) is 5.75 Å². The van der Waals surface area contributed by atoms with Crippen molar-refractivity contribution in [2.75, 3.05) is 20.3 Å². The van der Waals surface area contributed by atoms with Gasteiger partial charge in [-0.2, -0.15) is 0 Å². The standard InChI is InChI=1S/C33H54N2O4Si2/c1-32(2,3)40(8,9)38-24-29-31(39-41(10,11)33(4,5)6)28(21-25-15-13-12-14-16-25)34-30(36)23-35(29)22-26-17-19-27(37-7)20-18-26/h12-20,28-29,31H,21-24H2,1-11H3,(H,34,36)/t28-,29-,31+/m1/s1. The van der Waals surface area contributed by atoms with Crippen LogP contribution in [0.1, 0.15) is 52.7 Å². The summed E-state index contributed by atoms with van der Waals surface area (Å²) in [5, 5.41) is 3.49. The number of ether oxygens (including phenoxy) is 1. The van der Waals surface area contributed by atoms with Gasteiger partial charge < -0.3 is 18.9 Å². The number of nitrogens with one attached hydrogen (secondary N) is 1. The van der Waals surface area contributed by atoms with Gasteiger partial charge in [0.2, 0.25) is 5.91 Å². The van der Waals surface area contributed by atoms with Gasteiger partial charge in [-0.05, 0) is 65.9 Å². The van der Waals surface area contributed by atoms with Crippen LogP contribution >= 0.6 is 0 Å². The predicted molar refractivity (Wildman–Crippen MR) is 174 cm³/mol. The van der Waals surface area contributed by atoms with Crippen LogP contribution in [0.3, 0.4) is 0 Å². The average molecular weight is 599 g/mol. The summed E-state index contributed by atoms with van der Waals surface area (Å²) >= 11 is 0. The Morgan fingerprint density at radius 2 is 1.44 bits per heavy atom. The molecule has 0 aromatic heterocycles. The highest BCUT2D eigenvalue weighted by Gasteiger charge is 2.47. The van der Waals surface area contributed by atoms with Gasteiger partial charge in [0.1, 0.15) is 5.75 Å². The highest BCUT2D eigenvalue weighted by atomic mass is 28.4. The number of carbonyl (C=O) groups excluding carboxylic acids is 1. The molecule has 3 atom stereocenters. The highest BCUT2D eigenvalue weighted by molar-refractivity contribution is 6.74. The second-order valence-corrected chi connectivity index (χ2v) is 24.2. The van der Waals surface area contributed by atoms with Gasteiger partial charge >= 0.3 is 0 Å². The molecule has 1 fully saturated rings. The first-order valence-electron chi connectivity index (χ1n) is 15.0. The molecule has 1 saturated heterocycles. The number of amides is 1. The predicted octanol–water partition coefficient (Wildman–Crippen LogP) is 7.02. The molecule has 228 valence electrons. The van der Waals surface area contributed by atoms with Crippen LogP contribution in [0, 0.1) is 0 Å². The second-order valence-electron chi connectivity index (χ2n) is 14.6. The van der Waals surface area contributed by atoms with E-state index in [-0.39, 0.29) is 34.2 Å². The summed E-state index contributed by atoms with van der Waals surface area (Å²) in [5.74, 6) is 0.848. The van der Waals surface area contributed by atoms with E-state index in [1.54, 1.807) is 7.11 Å². The monoisotopic (exact) mass is 598 g/mol. The lowest BCUT2D eigenvalue weighted by molar-refractivity contribution is -0.122. The lowest BCUT2D eigenvalue weighted by Gasteiger charge is -2.46. The zero-order chi connectivity index (χ0) is 30.6. The maximum Gasteiger partial charge on any atom is 0.234 e. The third kappa shape index (κ3) is 8.77. The summed E-state index contributed by atoms with van der Waals surface area (Å²) < 4.78 is 19.6. The number of benzene rings is 2. The van der Waals surface area contributed by atoms with Gasteiger partial charge in [-0.1, -0.05) is 84.0 Å². The molecule has 0 spiro atoms. The van der Waals surface area contributed by atoms with Crippen LogP contribution in [0.15, 0.2) is 54.6 Å². The first-order valence-corrected chi connectivity index (χ1v) is 20.8. The summed E-state index contributed by atoms with van der Waals surface area (Å²) in [6.45, 7) is 24.3. The minimum absolute atomic E-state index is 0.0201. The molecule has 0 radical (unpaired) electrons. The van der Waals surface area contributed by atoms with Crippen molar-refractivity contribution < 1.29 is 18.4 Å². The van der Waals surface area contributed by atoms with Gasteiger partial charge in [-0.15, -0.1) is 0 Å². The van der Waals surface area contributed by atoms with Crippen LogP contribution in [-0.4, -0.2) is 65.9 Å². The van der Waals surface area contributed by atoms with Crippen LogP contribution in [0.5, 0.6) is 5.75 Å². The van der Waals surface area contributed by atoms with E-state index in [4.69, 9.17) is 13.6 Å². The molecule has 2 aromatic carbocycles. The molecule has 1 N–H and O–H groups in total. The van der Waals surface area contributed by atoms with Gasteiger partial charge in [0, 0.05) is 6.54 Å². The third-order valence-electron chi connectivity index (χ3n) is 9.44. The van der Waals surface area contributed by atoms with Crippen molar-refractivity contribution in [3.63, 3.8) is 0 Å². The van der Waals surface area contributed by atoms with Crippen molar-refractivity contribution in [2.45, 2.75) is 109 Å². The Hall–Kier alpha value is -1.98. The Morgan fingerprint density at radius 3 is 1.98 bits per heavy atom. The van der Waals surface area contributed by atoms with E-state index in [0.717, 1.165) is 11.3 Å². The Labute approximate surface area is 251 Å². The van der Waals surface area contributed by atoms with Gasteiger partial charge in [0.05, 0.1) is 38.4 Å². The minimum Gasteiger partial charge on any atom is -0.497 e. The van der Waals surface area contributed by atoms with E-state index in [2.05, 4.69) is 114 Å². The maximum absolute atomic E-state index is 13.5. The lowest BCUT2D eigenvalue weighted by Crippen LogP contribution is -2.59. The molecule has 6 nitrogen and oxygen atoms in total. The molecular weight excluding hydrogens is 545 g/mol. The second kappa shape index (κ2) is 13.1. The SMILES string of the molecule is COc1ccc(CN2CC(=O)N[C@H](Cc3ccccc3)[C@H](O[Si](C)(C)C(C)(C)C)[C@H]2CO[Si](C)(C)C(C)(C)C)cc1. The average Bonchev–Trinajstić information content (AvgIpc) is 2.98. The fourth-order valence-electron chi connectivity index (χ4n) is 4.67. The van der Waals surface area contributed by atoms with Gasteiger partial charge in [0.25, 0.3) is 0 Å². The Bertz CT molecular complexity index is 1120. The van der Waals surface area contributed by atoms with Crippen LogP contribution in [0.25, 0.3) is 0 Å². The number of hydrogen-bond acceptors (Lipinski definition) is 5. The molecule has 41 heavy (non-hydrogen) atoms. The minimum atomic E-state index is -2.22. The van der Waals surface area contributed by atoms with Crippen LogP contribution < -0.4 is 10.1 Å². The lowest BCUT2D eigenvalue weighted by atomic mass is 9.96. The quantitative estimate of drug-likeness (QED) is 0.298. The largest absolute Gasteiger partial charge is 0.497 e. The number of hydrogen-bond donors (Lipinski definition) is 1. The smallest absolute Gasteiger partial charge is 0.234 e. The molecule has 1 amide bonds. The molecule has 3 rings (SSSR count). The van der Waals surface area contributed by atoms with Crippen molar-refractivity contribution in [2.24, 2.45) is 0 Å². The van der Waals surface area contributed by atoms with Crippen molar-refractivity contribution in [3.05, 3.63) is 65.7 Å². The Balaban J connectivity index is 2.09. The molecular formula is C33H54N2O4Si2. The van der Waals surface area contributed by atoms with Crippen molar-refractivity contribution in [1.82, 2.24) is 10.2 Å². The van der Waals surface area contributed by atoms with E-state index in [9.17, 15) is 4.79 Å². The van der Waals surface area contributed by atoms with Crippen LogP contribution in [0.2, 0.25) is 36.3 Å². The third-order valence-corrected chi connectivity index (χ3v) is 18.4. The van der Waals surface area contributed by atoms with E-state index in [1.807, 2.05) is 18.2 Å². The number of carbonyl (C=O) groups is 1. The molecule has 0 saturated carbocycles. The Morgan fingerprint density at radius 1 is 0.854 bits per heavy atom. The molecule has 8 heteroatoms. The molecule has 1 aliphatic rings.